The molecule has 0 radical (unpaired) electrons. The maximum absolute atomic E-state index is 12.6. The van der Waals surface area contributed by atoms with Gasteiger partial charge in [-0.25, -0.2) is 0 Å². The Labute approximate surface area is 138 Å². The van der Waals surface area contributed by atoms with E-state index in [2.05, 4.69) is 0 Å². The molecule has 1 aromatic carbocycles. The number of rotatable bonds is 4. The average Bonchev–Trinajstić information content (AvgIpc) is 3.10. The SMILES string of the molecule is O=Cc1ccc(-c2cc(C(=O)N3CCCCC3)cc([N+](=O)[O-])c2)o1. The van der Waals surface area contributed by atoms with Crippen LogP contribution in [0.4, 0.5) is 5.69 Å². The van der Waals surface area contributed by atoms with Gasteiger partial charge in [0.15, 0.2) is 12.0 Å². The van der Waals surface area contributed by atoms with Gasteiger partial charge in [0.25, 0.3) is 11.6 Å². The second-order valence-corrected chi connectivity index (χ2v) is 5.70. The van der Waals surface area contributed by atoms with Gasteiger partial charge in [0, 0.05) is 36.3 Å². The number of non-ortho nitro benzene ring substituents is 1. The third kappa shape index (κ3) is 3.19. The molecule has 1 aromatic heterocycles. The monoisotopic (exact) mass is 328 g/mol. The minimum Gasteiger partial charge on any atom is -0.453 e. The highest BCUT2D eigenvalue weighted by molar-refractivity contribution is 5.96. The second kappa shape index (κ2) is 6.66. The zero-order chi connectivity index (χ0) is 17.1. The normalized spacial score (nSPS) is 14.4. The summed E-state index contributed by atoms with van der Waals surface area (Å²) in [5, 5.41) is 11.2. The van der Waals surface area contributed by atoms with Gasteiger partial charge in [-0.3, -0.25) is 19.7 Å². The summed E-state index contributed by atoms with van der Waals surface area (Å²) in [7, 11) is 0. The van der Waals surface area contributed by atoms with Gasteiger partial charge < -0.3 is 9.32 Å². The first-order chi connectivity index (χ1) is 11.6. The van der Waals surface area contributed by atoms with E-state index in [0.29, 0.717) is 30.7 Å². The fraction of sp³-hybridized carbons (Fsp3) is 0.294. The van der Waals surface area contributed by atoms with Crippen molar-refractivity contribution in [3.63, 3.8) is 0 Å². The van der Waals surface area contributed by atoms with E-state index in [1.165, 1.54) is 18.2 Å². The molecule has 7 nitrogen and oxygen atoms in total. The Morgan fingerprint density at radius 1 is 1.17 bits per heavy atom. The molecule has 7 heteroatoms. The highest BCUT2D eigenvalue weighted by atomic mass is 16.6. The third-order valence-corrected chi connectivity index (χ3v) is 4.05. The predicted octanol–water partition coefficient (Wildman–Crippen LogP) is 3.29. The van der Waals surface area contributed by atoms with Gasteiger partial charge >= 0.3 is 0 Å². The molecule has 1 fully saturated rings. The minimum absolute atomic E-state index is 0.125. The average molecular weight is 328 g/mol. The molecule has 1 saturated heterocycles. The summed E-state index contributed by atoms with van der Waals surface area (Å²) in [6, 6.07) is 7.22. The Kier molecular flexibility index (Phi) is 4.41. The van der Waals surface area contributed by atoms with E-state index < -0.39 is 4.92 Å². The van der Waals surface area contributed by atoms with E-state index in [0.717, 1.165) is 19.3 Å². The Bertz CT molecular complexity index is 790. The van der Waals surface area contributed by atoms with Crippen molar-refractivity contribution >= 4 is 17.9 Å². The largest absolute Gasteiger partial charge is 0.453 e. The summed E-state index contributed by atoms with van der Waals surface area (Å²) in [6.45, 7) is 1.32. The highest BCUT2D eigenvalue weighted by Gasteiger charge is 2.22. The molecule has 0 spiro atoms. The van der Waals surface area contributed by atoms with Gasteiger partial charge in [0.1, 0.15) is 5.76 Å². The molecule has 3 rings (SSSR count). The summed E-state index contributed by atoms with van der Waals surface area (Å²) < 4.78 is 5.32. The van der Waals surface area contributed by atoms with Gasteiger partial charge in [-0.2, -0.15) is 0 Å². The number of benzene rings is 1. The number of nitrogens with zero attached hydrogens (tertiary/aromatic N) is 2. The molecule has 1 amide bonds. The maximum atomic E-state index is 12.6. The molecule has 0 atom stereocenters. The number of aldehydes is 1. The number of amides is 1. The minimum atomic E-state index is -0.542. The van der Waals surface area contributed by atoms with Crippen LogP contribution in [-0.4, -0.2) is 35.1 Å². The summed E-state index contributed by atoms with van der Waals surface area (Å²) in [6.07, 6.45) is 3.52. The molecule has 0 N–H and O–H groups in total. The lowest BCUT2D eigenvalue weighted by Gasteiger charge is -2.26. The summed E-state index contributed by atoms with van der Waals surface area (Å²) in [5.74, 6) is 0.218. The summed E-state index contributed by atoms with van der Waals surface area (Å²) in [4.78, 5) is 35.7. The zero-order valence-electron chi connectivity index (χ0n) is 12.9. The van der Waals surface area contributed by atoms with E-state index in [-0.39, 0.29) is 22.9 Å². The van der Waals surface area contributed by atoms with Crippen molar-refractivity contribution in [1.82, 2.24) is 4.90 Å². The van der Waals surface area contributed by atoms with Crippen LogP contribution in [0.1, 0.15) is 40.2 Å². The van der Waals surface area contributed by atoms with E-state index >= 15 is 0 Å². The molecular weight excluding hydrogens is 312 g/mol. The van der Waals surface area contributed by atoms with Crippen LogP contribution < -0.4 is 0 Å². The van der Waals surface area contributed by atoms with Gasteiger partial charge in [-0.05, 0) is 37.5 Å². The molecule has 0 bridgehead atoms. The summed E-state index contributed by atoms with van der Waals surface area (Å²) in [5.41, 5.74) is 0.472. The van der Waals surface area contributed by atoms with Crippen molar-refractivity contribution in [2.75, 3.05) is 13.1 Å². The number of nitro benzene ring substituents is 1. The molecule has 2 aromatic rings. The molecule has 1 aliphatic heterocycles. The number of piperidine rings is 1. The van der Waals surface area contributed by atoms with Crippen LogP contribution in [0.2, 0.25) is 0 Å². The lowest BCUT2D eigenvalue weighted by Crippen LogP contribution is -2.35. The van der Waals surface area contributed by atoms with Crippen molar-refractivity contribution in [3.05, 3.63) is 51.8 Å². The number of carbonyl (C=O) groups is 2. The quantitative estimate of drug-likeness (QED) is 0.487. The smallest absolute Gasteiger partial charge is 0.270 e. The van der Waals surface area contributed by atoms with Crippen LogP contribution in [0.3, 0.4) is 0 Å². The highest BCUT2D eigenvalue weighted by Crippen LogP contribution is 2.28. The van der Waals surface area contributed by atoms with E-state index in [4.69, 9.17) is 4.42 Å². The Hall–Kier alpha value is -2.96. The first kappa shape index (κ1) is 15.9. The summed E-state index contributed by atoms with van der Waals surface area (Å²) >= 11 is 0. The van der Waals surface area contributed by atoms with Crippen molar-refractivity contribution in [2.45, 2.75) is 19.3 Å². The number of furan rings is 1. The van der Waals surface area contributed by atoms with Crippen molar-refractivity contribution in [3.8, 4) is 11.3 Å². The van der Waals surface area contributed by atoms with Crippen molar-refractivity contribution in [2.24, 2.45) is 0 Å². The van der Waals surface area contributed by atoms with Crippen LogP contribution in [-0.2, 0) is 0 Å². The van der Waals surface area contributed by atoms with Crippen molar-refractivity contribution < 1.29 is 18.9 Å². The molecule has 0 saturated carbocycles. The molecule has 24 heavy (non-hydrogen) atoms. The van der Waals surface area contributed by atoms with E-state index in [1.54, 1.807) is 17.0 Å². The Morgan fingerprint density at radius 2 is 1.92 bits per heavy atom. The zero-order valence-corrected chi connectivity index (χ0v) is 12.9. The number of nitro groups is 1. The van der Waals surface area contributed by atoms with Crippen LogP contribution >= 0.6 is 0 Å². The molecule has 124 valence electrons. The van der Waals surface area contributed by atoms with Gasteiger partial charge in [-0.15, -0.1) is 0 Å². The molecule has 0 aliphatic carbocycles. The van der Waals surface area contributed by atoms with Crippen LogP contribution in [0.5, 0.6) is 0 Å². The first-order valence-corrected chi connectivity index (χ1v) is 7.72. The molecule has 1 aliphatic rings. The number of likely N-dealkylation sites (tertiary alicyclic amines) is 1. The maximum Gasteiger partial charge on any atom is 0.270 e. The standard InChI is InChI=1S/C17H16N2O5/c20-11-15-4-5-16(24-15)12-8-13(10-14(9-12)19(22)23)17(21)18-6-2-1-3-7-18/h4-5,8-11H,1-3,6-7H2. The fourth-order valence-corrected chi connectivity index (χ4v) is 2.83. The van der Waals surface area contributed by atoms with Gasteiger partial charge in [0.05, 0.1) is 4.92 Å². The predicted molar refractivity (Wildman–Crippen MR) is 85.9 cm³/mol. The van der Waals surface area contributed by atoms with Gasteiger partial charge in [-0.1, -0.05) is 0 Å². The van der Waals surface area contributed by atoms with Gasteiger partial charge in [0.2, 0.25) is 0 Å². The molecule has 0 unspecified atom stereocenters. The van der Waals surface area contributed by atoms with Crippen LogP contribution in [0, 0.1) is 10.1 Å². The number of hydrogen-bond donors (Lipinski definition) is 0. The third-order valence-electron chi connectivity index (χ3n) is 4.05. The van der Waals surface area contributed by atoms with Crippen molar-refractivity contribution in [1.29, 1.82) is 0 Å². The lowest BCUT2D eigenvalue weighted by molar-refractivity contribution is -0.384. The number of hydrogen-bond acceptors (Lipinski definition) is 5. The topological polar surface area (TPSA) is 93.7 Å². The van der Waals surface area contributed by atoms with E-state index in [9.17, 15) is 19.7 Å². The fourth-order valence-electron chi connectivity index (χ4n) is 2.83. The number of carbonyl (C=O) groups excluding carboxylic acids is 2. The molecule has 2 heterocycles. The van der Waals surface area contributed by atoms with Crippen LogP contribution in [0.15, 0.2) is 34.7 Å². The van der Waals surface area contributed by atoms with Crippen LogP contribution in [0.25, 0.3) is 11.3 Å². The lowest BCUT2D eigenvalue weighted by atomic mass is 10.0. The Balaban J connectivity index is 2.00. The van der Waals surface area contributed by atoms with E-state index in [1.807, 2.05) is 0 Å². The molecular formula is C17H16N2O5. The second-order valence-electron chi connectivity index (χ2n) is 5.70. The first-order valence-electron chi connectivity index (χ1n) is 7.72. The Morgan fingerprint density at radius 3 is 2.54 bits per heavy atom.